The van der Waals surface area contributed by atoms with E-state index in [9.17, 15) is 9.90 Å². The van der Waals surface area contributed by atoms with Crippen LogP contribution in [0.25, 0.3) is 0 Å². The number of carbonyl (C=O) groups is 1. The maximum atomic E-state index is 13.3. The van der Waals surface area contributed by atoms with Crippen molar-refractivity contribution >= 4 is 24.3 Å². The van der Waals surface area contributed by atoms with Gasteiger partial charge in [-0.1, -0.05) is 0 Å². The van der Waals surface area contributed by atoms with Gasteiger partial charge in [-0.2, -0.15) is 0 Å². The molecule has 0 amide bonds. The van der Waals surface area contributed by atoms with Crippen molar-refractivity contribution in [3.63, 3.8) is 0 Å². The molecule has 3 unspecified atom stereocenters. The molecule has 3 atom stereocenters. The minimum absolute atomic E-state index is 0.137. The average Bonchev–Trinajstić information content (AvgIpc) is 2.84. The fraction of sp³-hybridized carbons (Fsp3) is 0.321. The van der Waals surface area contributed by atoms with Crippen LogP contribution in [0.15, 0.2) is 91.0 Å². The summed E-state index contributed by atoms with van der Waals surface area (Å²) in [5.41, 5.74) is 0.477. The molecular weight excluding hydrogens is 431 g/mol. The molecule has 0 saturated carbocycles. The summed E-state index contributed by atoms with van der Waals surface area (Å²) in [4.78, 5) is 13.3. The summed E-state index contributed by atoms with van der Waals surface area (Å²) < 4.78 is 13.2. The second-order valence-electron chi connectivity index (χ2n) is 8.98. The van der Waals surface area contributed by atoms with Gasteiger partial charge in [-0.25, -0.2) is 0 Å². The Bertz CT molecular complexity index is 953. The van der Waals surface area contributed by atoms with Crippen LogP contribution in [0.5, 0.6) is 0 Å². The molecule has 1 N–H and O–H groups in total. The van der Waals surface area contributed by atoms with E-state index in [1.807, 2.05) is 92.7 Å². The van der Waals surface area contributed by atoms with E-state index in [-0.39, 0.29) is 12.0 Å². The van der Waals surface area contributed by atoms with E-state index in [2.05, 4.69) is 13.8 Å². The summed E-state index contributed by atoms with van der Waals surface area (Å²) in [5.74, 6) is -0.185. The number of hydrogen-bond acceptors (Lipinski definition) is 4. The minimum atomic E-state index is -3.47. The molecule has 0 saturated heterocycles. The molecule has 0 heterocycles. The summed E-state index contributed by atoms with van der Waals surface area (Å²) in [6.45, 7) is 8.14. The first-order valence-electron chi connectivity index (χ1n) is 11.6. The number of rotatable bonds is 10. The van der Waals surface area contributed by atoms with E-state index < -0.39 is 19.8 Å². The van der Waals surface area contributed by atoms with Gasteiger partial charge in [-0.3, -0.25) is 0 Å². The first kappa shape index (κ1) is 25.1. The van der Waals surface area contributed by atoms with Crippen LogP contribution in [0.1, 0.15) is 44.5 Å². The van der Waals surface area contributed by atoms with Crippen LogP contribution in [-0.2, 0) is 9.05 Å². The number of benzene rings is 3. The van der Waals surface area contributed by atoms with Gasteiger partial charge in [0.1, 0.15) is 0 Å². The van der Waals surface area contributed by atoms with Crippen molar-refractivity contribution < 1.29 is 18.9 Å². The average molecular weight is 467 g/mol. The molecule has 0 aliphatic carbocycles. The third-order valence-corrected chi connectivity index (χ3v) is 9.33. The second kappa shape index (κ2) is 11.6. The van der Waals surface area contributed by atoms with Gasteiger partial charge >= 0.3 is 198 Å². The van der Waals surface area contributed by atoms with Crippen molar-refractivity contribution in [1.29, 1.82) is 0 Å². The summed E-state index contributed by atoms with van der Waals surface area (Å²) in [6.07, 6.45) is -0.165. The molecule has 0 bridgehead atoms. The number of aliphatic hydroxyl groups excluding tert-OH is 1. The monoisotopic (exact) mass is 466 g/mol. The number of aliphatic hydroxyl groups is 1. The Morgan fingerprint density at radius 3 is 1.70 bits per heavy atom. The van der Waals surface area contributed by atoms with Crippen LogP contribution >= 0.6 is 7.72 Å². The predicted molar refractivity (Wildman–Crippen MR) is 137 cm³/mol. The van der Waals surface area contributed by atoms with Gasteiger partial charge in [-0.05, 0) is 0 Å². The van der Waals surface area contributed by atoms with E-state index in [1.54, 1.807) is 12.1 Å². The van der Waals surface area contributed by atoms with Gasteiger partial charge in [0.2, 0.25) is 0 Å². The Morgan fingerprint density at radius 1 is 0.788 bits per heavy atom. The zero-order chi connectivity index (χ0) is 23.8. The molecule has 3 rings (SSSR count). The molecule has 0 aromatic heterocycles. The van der Waals surface area contributed by atoms with Crippen molar-refractivity contribution in [3.8, 4) is 0 Å². The fourth-order valence-electron chi connectivity index (χ4n) is 3.90. The zero-order valence-electron chi connectivity index (χ0n) is 19.8. The third kappa shape index (κ3) is 6.29. The van der Waals surface area contributed by atoms with Crippen LogP contribution < -0.4 is 10.6 Å². The Labute approximate surface area is 198 Å². The molecule has 0 aliphatic rings. The molecular formula is C28H35O4P. The normalized spacial score (nSPS) is 15.0. The van der Waals surface area contributed by atoms with Gasteiger partial charge in [0, 0.05) is 0 Å². The summed E-state index contributed by atoms with van der Waals surface area (Å²) in [7, 11) is -3.47. The van der Waals surface area contributed by atoms with Crippen LogP contribution in [0.3, 0.4) is 0 Å². The topological polar surface area (TPSA) is 55.8 Å². The first-order chi connectivity index (χ1) is 15.8. The van der Waals surface area contributed by atoms with E-state index in [4.69, 9.17) is 9.05 Å². The van der Waals surface area contributed by atoms with Crippen molar-refractivity contribution in [2.45, 2.75) is 46.3 Å². The Morgan fingerprint density at radius 2 is 1.24 bits per heavy atom. The Hall–Kier alpha value is -2.52. The van der Waals surface area contributed by atoms with Crippen molar-refractivity contribution in [2.24, 2.45) is 11.8 Å². The van der Waals surface area contributed by atoms with Crippen molar-refractivity contribution in [3.05, 3.63) is 96.6 Å². The van der Waals surface area contributed by atoms with Crippen LogP contribution in [0, 0.1) is 11.8 Å². The molecule has 5 heteroatoms. The van der Waals surface area contributed by atoms with E-state index in [1.165, 1.54) is 0 Å². The van der Waals surface area contributed by atoms with Crippen molar-refractivity contribution in [2.75, 3.05) is 0 Å². The summed E-state index contributed by atoms with van der Waals surface area (Å²) >= 11 is 0. The second-order valence-corrected chi connectivity index (χ2v) is 11.8. The first-order valence-corrected chi connectivity index (χ1v) is 13.4. The van der Waals surface area contributed by atoms with Gasteiger partial charge in [-0.15, -0.1) is 0 Å². The molecule has 3 aromatic rings. The molecule has 176 valence electrons. The molecule has 3 aromatic carbocycles. The number of hydrogen-bond donors (Lipinski definition) is 1. The van der Waals surface area contributed by atoms with E-state index in [0.717, 1.165) is 10.6 Å². The molecule has 0 spiro atoms. The molecule has 4 nitrogen and oxygen atoms in total. The standard InChI is InChI=1S/C28H35O4P/c1-21(2)20-27(29)22(3)23(4)31-33(25-16-10-6-11-17-25,26-18-12-7-13-19-26)32-28(30)24-14-8-5-9-15-24/h5-19,21-23,27,29,33H,20H2,1-4H3. The summed E-state index contributed by atoms with van der Waals surface area (Å²) in [5, 5.41) is 12.5. The summed E-state index contributed by atoms with van der Waals surface area (Å²) in [6, 6.07) is 28.4. The van der Waals surface area contributed by atoms with Gasteiger partial charge < -0.3 is 0 Å². The molecule has 0 radical (unpaired) electrons. The molecule has 0 aliphatic heterocycles. The van der Waals surface area contributed by atoms with Crippen molar-refractivity contribution in [1.82, 2.24) is 0 Å². The Balaban J connectivity index is 2.06. The van der Waals surface area contributed by atoms with Gasteiger partial charge in [0.25, 0.3) is 0 Å². The van der Waals surface area contributed by atoms with Crippen LogP contribution in [-0.4, -0.2) is 23.3 Å². The van der Waals surface area contributed by atoms with E-state index >= 15 is 0 Å². The van der Waals surface area contributed by atoms with Crippen LogP contribution in [0.4, 0.5) is 0 Å². The zero-order valence-corrected chi connectivity index (χ0v) is 20.8. The van der Waals surface area contributed by atoms with Gasteiger partial charge in [0.05, 0.1) is 0 Å². The maximum absolute atomic E-state index is 13.3. The molecule has 0 fully saturated rings. The SMILES string of the molecule is CC(C)CC(O)C(C)C(C)O[PH](OC(=O)c1ccccc1)(c1ccccc1)c1ccccc1. The van der Waals surface area contributed by atoms with E-state index in [0.29, 0.717) is 17.9 Å². The predicted octanol–water partition coefficient (Wildman–Crippen LogP) is 5.52. The molecule has 33 heavy (non-hydrogen) atoms. The Kier molecular flexibility index (Phi) is 8.80. The third-order valence-electron chi connectivity index (χ3n) is 5.97. The van der Waals surface area contributed by atoms with Gasteiger partial charge in [0.15, 0.2) is 0 Å². The number of carbonyl (C=O) groups excluding carboxylic acids is 1. The van der Waals surface area contributed by atoms with Crippen LogP contribution in [0.2, 0.25) is 0 Å². The fourth-order valence-corrected chi connectivity index (χ4v) is 7.17. The quantitative estimate of drug-likeness (QED) is 0.400.